The molecular formula is C19H30ClN3O4S. The van der Waals surface area contributed by atoms with Gasteiger partial charge in [-0.2, -0.15) is 4.31 Å². The maximum atomic E-state index is 13.2. The maximum Gasteiger partial charge on any atom is 0.253 e. The number of methoxy groups -OCH3 is 1. The molecule has 0 bridgehead atoms. The third kappa shape index (κ3) is 4.97. The first kappa shape index (κ1) is 22.9. The molecule has 2 aliphatic rings. The van der Waals surface area contributed by atoms with E-state index < -0.39 is 10.0 Å². The molecule has 0 spiro atoms. The Morgan fingerprint density at radius 3 is 2.25 bits per heavy atom. The number of hydrogen-bond donors (Lipinski definition) is 1. The van der Waals surface area contributed by atoms with Gasteiger partial charge in [-0.15, -0.1) is 12.4 Å². The van der Waals surface area contributed by atoms with E-state index in [0.29, 0.717) is 31.7 Å². The zero-order valence-electron chi connectivity index (χ0n) is 16.3. The number of hydrogen-bond acceptors (Lipinski definition) is 5. The first-order valence-corrected chi connectivity index (χ1v) is 11.1. The summed E-state index contributed by atoms with van der Waals surface area (Å²) in [5.74, 6) is 0.119. The number of nitrogens with two attached hydrogens (primary N) is 1. The highest BCUT2D eigenvalue weighted by atomic mass is 35.5. The van der Waals surface area contributed by atoms with Crippen molar-refractivity contribution in [3.8, 4) is 5.75 Å². The molecule has 2 fully saturated rings. The normalized spacial score (nSPS) is 19.6. The van der Waals surface area contributed by atoms with Gasteiger partial charge in [0.1, 0.15) is 10.6 Å². The summed E-state index contributed by atoms with van der Waals surface area (Å²) in [7, 11) is -2.26. The fourth-order valence-electron chi connectivity index (χ4n) is 3.72. The highest BCUT2D eigenvalue weighted by molar-refractivity contribution is 7.89. The minimum Gasteiger partial charge on any atom is -0.495 e. The SMILES string of the molecule is COc1ccc(C(=O)N2CCC(N)CC2)cc1S(=O)(=O)N1CCCCCC1.Cl. The van der Waals surface area contributed by atoms with Crippen LogP contribution in [0, 0.1) is 0 Å². The molecule has 1 aromatic carbocycles. The summed E-state index contributed by atoms with van der Waals surface area (Å²) < 4.78 is 33.3. The summed E-state index contributed by atoms with van der Waals surface area (Å²) in [4.78, 5) is 14.7. The molecule has 2 heterocycles. The first-order valence-electron chi connectivity index (χ1n) is 9.66. The predicted molar refractivity (Wildman–Crippen MR) is 111 cm³/mol. The van der Waals surface area contributed by atoms with Crippen molar-refractivity contribution in [2.24, 2.45) is 5.73 Å². The molecular weight excluding hydrogens is 402 g/mol. The number of likely N-dealkylation sites (tertiary alicyclic amines) is 1. The minimum absolute atomic E-state index is 0. The Hall–Kier alpha value is -1.35. The van der Waals surface area contributed by atoms with Crippen LogP contribution in [0.3, 0.4) is 0 Å². The number of carbonyl (C=O) groups is 1. The van der Waals surface area contributed by atoms with Gasteiger partial charge in [0.25, 0.3) is 5.91 Å². The van der Waals surface area contributed by atoms with Crippen LogP contribution >= 0.6 is 12.4 Å². The second kappa shape index (κ2) is 9.91. The Kier molecular flexibility index (Phi) is 8.12. The van der Waals surface area contributed by atoms with E-state index in [-0.39, 0.29) is 35.0 Å². The summed E-state index contributed by atoms with van der Waals surface area (Å²) in [5, 5.41) is 0. The van der Waals surface area contributed by atoms with Crippen molar-refractivity contribution in [1.82, 2.24) is 9.21 Å². The molecule has 2 aliphatic heterocycles. The van der Waals surface area contributed by atoms with Crippen molar-refractivity contribution < 1.29 is 17.9 Å². The largest absolute Gasteiger partial charge is 0.495 e. The summed E-state index contributed by atoms with van der Waals surface area (Å²) in [6.45, 7) is 2.21. The standard InChI is InChI=1S/C19H29N3O4S.ClH/c1-26-17-7-6-15(19(23)21-12-8-16(20)9-13-21)14-18(17)27(24,25)22-10-4-2-3-5-11-22;/h6-7,14,16H,2-5,8-13,20H2,1H3;1H. The van der Waals surface area contributed by atoms with Crippen LogP contribution in [0.15, 0.2) is 23.1 Å². The van der Waals surface area contributed by atoms with E-state index in [1.165, 1.54) is 17.5 Å². The van der Waals surface area contributed by atoms with E-state index in [9.17, 15) is 13.2 Å². The van der Waals surface area contributed by atoms with Gasteiger partial charge in [-0.25, -0.2) is 8.42 Å². The molecule has 0 radical (unpaired) electrons. The number of ether oxygens (including phenoxy) is 1. The van der Waals surface area contributed by atoms with Gasteiger partial charge in [-0.05, 0) is 43.9 Å². The molecule has 0 atom stereocenters. The quantitative estimate of drug-likeness (QED) is 0.789. The van der Waals surface area contributed by atoms with Crippen LogP contribution in [0.25, 0.3) is 0 Å². The van der Waals surface area contributed by atoms with Crippen molar-refractivity contribution in [1.29, 1.82) is 0 Å². The van der Waals surface area contributed by atoms with Crippen molar-refractivity contribution in [3.05, 3.63) is 23.8 Å². The number of carbonyl (C=O) groups excluding carboxylic acids is 1. The van der Waals surface area contributed by atoms with Gasteiger partial charge < -0.3 is 15.4 Å². The zero-order chi connectivity index (χ0) is 19.4. The van der Waals surface area contributed by atoms with Gasteiger partial charge in [0.15, 0.2) is 0 Å². The average molecular weight is 432 g/mol. The number of nitrogens with zero attached hydrogens (tertiary/aromatic N) is 2. The Morgan fingerprint density at radius 2 is 1.68 bits per heavy atom. The number of sulfonamides is 1. The number of halogens is 1. The predicted octanol–water partition coefficient (Wildman–Crippen LogP) is 2.24. The monoisotopic (exact) mass is 431 g/mol. The zero-order valence-corrected chi connectivity index (χ0v) is 17.9. The van der Waals surface area contributed by atoms with E-state index in [1.54, 1.807) is 17.0 Å². The van der Waals surface area contributed by atoms with Crippen LogP contribution in [0.1, 0.15) is 48.9 Å². The number of rotatable bonds is 4. The third-order valence-electron chi connectivity index (χ3n) is 5.42. The molecule has 3 rings (SSSR count). The molecule has 9 heteroatoms. The van der Waals surface area contributed by atoms with E-state index >= 15 is 0 Å². The van der Waals surface area contributed by atoms with Gasteiger partial charge in [0.05, 0.1) is 7.11 Å². The smallest absolute Gasteiger partial charge is 0.253 e. The van der Waals surface area contributed by atoms with E-state index in [1.807, 2.05) is 0 Å². The second-order valence-electron chi connectivity index (χ2n) is 7.31. The van der Waals surface area contributed by atoms with E-state index in [2.05, 4.69) is 0 Å². The van der Waals surface area contributed by atoms with Crippen molar-refractivity contribution >= 4 is 28.3 Å². The van der Waals surface area contributed by atoms with Gasteiger partial charge in [0.2, 0.25) is 10.0 Å². The second-order valence-corrected chi connectivity index (χ2v) is 9.22. The number of benzene rings is 1. The first-order chi connectivity index (χ1) is 12.9. The molecule has 1 amide bonds. The summed E-state index contributed by atoms with van der Waals surface area (Å²) >= 11 is 0. The maximum absolute atomic E-state index is 13.2. The Labute approximate surface area is 173 Å². The molecule has 7 nitrogen and oxygen atoms in total. The highest BCUT2D eigenvalue weighted by Gasteiger charge is 2.30. The third-order valence-corrected chi connectivity index (χ3v) is 7.34. The number of amides is 1. The summed E-state index contributed by atoms with van der Waals surface area (Å²) in [6, 6.07) is 4.81. The minimum atomic E-state index is -3.71. The lowest BCUT2D eigenvalue weighted by Crippen LogP contribution is -2.42. The fourth-order valence-corrected chi connectivity index (χ4v) is 5.42. The highest BCUT2D eigenvalue weighted by Crippen LogP contribution is 2.30. The lowest BCUT2D eigenvalue weighted by Gasteiger charge is -2.30. The molecule has 158 valence electrons. The molecule has 0 aromatic heterocycles. The Bertz CT molecular complexity index is 771. The average Bonchev–Trinajstić information content (AvgIpc) is 2.97. The lowest BCUT2D eigenvalue weighted by atomic mass is 10.0. The van der Waals surface area contributed by atoms with Crippen LogP contribution in [-0.2, 0) is 10.0 Å². The van der Waals surface area contributed by atoms with Gasteiger partial charge in [0, 0.05) is 37.8 Å². The van der Waals surface area contributed by atoms with E-state index in [0.717, 1.165) is 38.5 Å². The van der Waals surface area contributed by atoms with Gasteiger partial charge in [-0.1, -0.05) is 12.8 Å². The Balaban J connectivity index is 0.00000280. The lowest BCUT2D eigenvalue weighted by molar-refractivity contribution is 0.0714. The van der Waals surface area contributed by atoms with Crippen LogP contribution in [-0.4, -0.2) is 62.9 Å². The molecule has 2 N–H and O–H groups in total. The number of piperidine rings is 1. The molecule has 0 aliphatic carbocycles. The van der Waals surface area contributed by atoms with Crippen molar-refractivity contribution in [2.75, 3.05) is 33.3 Å². The molecule has 1 aromatic rings. The molecule has 0 saturated carbocycles. The van der Waals surface area contributed by atoms with Crippen LogP contribution in [0.2, 0.25) is 0 Å². The van der Waals surface area contributed by atoms with Gasteiger partial charge >= 0.3 is 0 Å². The van der Waals surface area contributed by atoms with E-state index in [4.69, 9.17) is 10.5 Å². The molecule has 2 saturated heterocycles. The van der Waals surface area contributed by atoms with Crippen molar-refractivity contribution in [3.63, 3.8) is 0 Å². The van der Waals surface area contributed by atoms with Gasteiger partial charge in [-0.3, -0.25) is 4.79 Å². The fraction of sp³-hybridized carbons (Fsp3) is 0.632. The Morgan fingerprint density at radius 1 is 1.07 bits per heavy atom. The summed E-state index contributed by atoms with van der Waals surface area (Å²) in [6.07, 6.45) is 5.32. The summed E-state index contributed by atoms with van der Waals surface area (Å²) in [5.41, 5.74) is 6.29. The molecule has 28 heavy (non-hydrogen) atoms. The van der Waals surface area contributed by atoms with Crippen LogP contribution in [0.5, 0.6) is 5.75 Å². The molecule has 0 unspecified atom stereocenters. The van der Waals surface area contributed by atoms with Crippen LogP contribution in [0.4, 0.5) is 0 Å². The van der Waals surface area contributed by atoms with Crippen LogP contribution < -0.4 is 10.5 Å². The van der Waals surface area contributed by atoms with Crippen molar-refractivity contribution in [2.45, 2.75) is 49.5 Å². The topological polar surface area (TPSA) is 92.9 Å².